The molecule has 11 heteroatoms. The molecule has 2 aromatic rings. The third-order valence-electron chi connectivity index (χ3n) is 4.11. The number of thioether (sulfide) groups is 1. The Labute approximate surface area is 162 Å². The molecule has 1 N–H and O–H groups in total. The van der Waals surface area contributed by atoms with Crippen LogP contribution in [-0.4, -0.2) is 60.0 Å². The van der Waals surface area contributed by atoms with Crippen LogP contribution in [0.1, 0.15) is 5.56 Å². The zero-order chi connectivity index (χ0) is 19.4. The van der Waals surface area contributed by atoms with Crippen molar-refractivity contribution in [1.82, 2.24) is 15.1 Å². The van der Waals surface area contributed by atoms with Gasteiger partial charge in [-0.15, -0.1) is 10.2 Å². The van der Waals surface area contributed by atoms with E-state index < -0.39 is 11.7 Å². The number of benzene rings is 1. The number of hydrogen-bond acceptors (Lipinski definition) is 7. The van der Waals surface area contributed by atoms with E-state index in [4.69, 9.17) is 0 Å². The third-order valence-corrected chi connectivity index (χ3v) is 6.17. The van der Waals surface area contributed by atoms with Crippen LogP contribution in [0.2, 0.25) is 0 Å². The van der Waals surface area contributed by atoms with Crippen LogP contribution in [0, 0.1) is 0 Å². The molecular formula is C16H18F3N5OS2. The molecule has 0 radical (unpaired) electrons. The average molecular weight is 417 g/mol. The van der Waals surface area contributed by atoms with Crippen molar-refractivity contribution >= 4 is 39.8 Å². The van der Waals surface area contributed by atoms with Gasteiger partial charge in [0.15, 0.2) is 4.34 Å². The summed E-state index contributed by atoms with van der Waals surface area (Å²) in [4.78, 5) is 16.0. The number of amides is 1. The van der Waals surface area contributed by atoms with Crippen molar-refractivity contribution < 1.29 is 18.0 Å². The standard InChI is InChI=1S/C16H18F3N5OS2/c1-20-14-21-22-15(27-14)26-10-13(25)24-7-5-23(6-8-24)12-4-2-3-11(9-12)16(17,18)19/h2-4,9H,5-8,10H2,1H3,(H,20,21). The lowest BCUT2D eigenvalue weighted by molar-refractivity contribution is -0.137. The van der Waals surface area contributed by atoms with E-state index in [1.165, 1.54) is 29.2 Å². The molecular weight excluding hydrogens is 399 g/mol. The van der Waals surface area contributed by atoms with Gasteiger partial charge in [-0.25, -0.2) is 0 Å². The molecule has 0 atom stereocenters. The molecule has 1 amide bonds. The molecule has 0 saturated carbocycles. The number of aromatic nitrogens is 2. The smallest absolute Gasteiger partial charge is 0.368 e. The molecule has 6 nitrogen and oxygen atoms in total. The van der Waals surface area contributed by atoms with Crippen LogP contribution >= 0.6 is 23.1 Å². The molecule has 1 saturated heterocycles. The molecule has 1 aromatic carbocycles. The summed E-state index contributed by atoms with van der Waals surface area (Å²) >= 11 is 2.72. The summed E-state index contributed by atoms with van der Waals surface area (Å²) < 4.78 is 39.3. The molecule has 1 aromatic heterocycles. The second-order valence-electron chi connectivity index (χ2n) is 5.83. The summed E-state index contributed by atoms with van der Waals surface area (Å²) in [7, 11) is 1.75. The van der Waals surface area contributed by atoms with Gasteiger partial charge in [-0.05, 0) is 18.2 Å². The Morgan fingerprint density at radius 1 is 1.26 bits per heavy atom. The third kappa shape index (κ3) is 5.04. The quantitative estimate of drug-likeness (QED) is 0.755. The Morgan fingerprint density at radius 2 is 2.00 bits per heavy atom. The van der Waals surface area contributed by atoms with Gasteiger partial charge in [0.2, 0.25) is 11.0 Å². The number of anilines is 2. The lowest BCUT2D eigenvalue weighted by Crippen LogP contribution is -2.49. The van der Waals surface area contributed by atoms with Crippen LogP contribution in [-0.2, 0) is 11.0 Å². The van der Waals surface area contributed by atoms with E-state index in [0.717, 1.165) is 16.5 Å². The molecule has 0 aliphatic carbocycles. The number of nitrogens with zero attached hydrogens (tertiary/aromatic N) is 4. The fraction of sp³-hybridized carbons (Fsp3) is 0.438. The van der Waals surface area contributed by atoms with Crippen molar-refractivity contribution in [3.05, 3.63) is 29.8 Å². The highest BCUT2D eigenvalue weighted by Crippen LogP contribution is 2.32. The van der Waals surface area contributed by atoms with Crippen molar-refractivity contribution in [1.29, 1.82) is 0 Å². The molecule has 146 valence electrons. The second kappa shape index (κ2) is 8.34. The van der Waals surface area contributed by atoms with E-state index in [2.05, 4.69) is 15.5 Å². The maximum atomic E-state index is 12.9. The summed E-state index contributed by atoms with van der Waals surface area (Å²) in [6.07, 6.45) is -4.36. The normalized spacial score (nSPS) is 15.1. The number of nitrogens with one attached hydrogen (secondary N) is 1. The minimum absolute atomic E-state index is 0.00935. The molecule has 0 spiro atoms. The Morgan fingerprint density at radius 3 is 2.63 bits per heavy atom. The minimum Gasteiger partial charge on any atom is -0.368 e. The first kappa shape index (κ1) is 19.7. The van der Waals surface area contributed by atoms with Gasteiger partial charge >= 0.3 is 6.18 Å². The Hall–Kier alpha value is -2.01. The van der Waals surface area contributed by atoms with Gasteiger partial charge in [0.1, 0.15) is 0 Å². The summed E-state index contributed by atoms with van der Waals surface area (Å²) in [5.74, 6) is 0.256. The molecule has 0 unspecified atom stereocenters. The monoisotopic (exact) mass is 417 g/mol. The van der Waals surface area contributed by atoms with E-state index in [9.17, 15) is 18.0 Å². The number of carbonyl (C=O) groups excluding carboxylic acids is 1. The maximum Gasteiger partial charge on any atom is 0.416 e. The first-order chi connectivity index (χ1) is 12.9. The highest BCUT2D eigenvalue weighted by molar-refractivity contribution is 8.01. The molecule has 1 aliphatic heterocycles. The van der Waals surface area contributed by atoms with Crippen molar-refractivity contribution in [2.45, 2.75) is 10.5 Å². The van der Waals surface area contributed by atoms with E-state index in [1.54, 1.807) is 18.0 Å². The SMILES string of the molecule is CNc1nnc(SCC(=O)N2CCN(c3cccc(C(F)(F)F)c3)CC2)s1. The maximum absolute atomic E-state index is 12.9. The van der Waals surface area contributed by atoms with Crippen LogP contribution < -0.4 is 10.2 Å². The first-order valence-corrected chi connectivity index (χ1v) is 10.0. The van der Waals surface area contributed by atoms with E-state index in [1.807, 2.05) is 4.90 Å². The highest BCUT2D eigenvalue weighted by Gasteiger charge is 2.31. The van der Waals surface area contributed by atoms with Gasteiger partial charge < -0.3 is 15.1 Å². The number of hydrogen-bond donors (Lipinski definition) is 1. The van der Waals surface area contributed by atoms with Crippen LogP contribution in [0.5, 0.6) is 0 Å². The molecule has 1 fully saturated rings. The number of alkyl halides is 3. The van der Waals surface area contributed by atoms with Gasteiger partial charge in [0.25, 0.3) is 0 Å². The second-order valence-corrected chi connectivity index (χ2v) is 8.03. The van der Waals surface area contributed by atoms with Crippen LogP contribution in [0.25, 0.3) is 0 Å². The number of piperazine rings is 1. The fourth-order valence-corrected chi connectivity index (χ4v) is 4.29. The molecule has 1 aliphatic rings. The van der Waals surface area contributed by atoms with Gasteiger partial charge in [0, 0.05) is 38.9 Å². The summed E-state index contributed by atoms with van der Waals surface area (Å²) in [6, 6.07) is 5.29. The van der Waals surface area contributed by atoms with E-state index >= 15 is 0 Å². The van der Waals surface area contributed by atoms with Gasteiger partial charge in [0.05, 0.1) is 11.3 Å². The van der Waals surface area contributed by atoms with Crippen molar-refractivity contribution in [3.8, 4) is 0 Å². The molecule has 27 heavy (non-hydrogen) atoms. The molecule has 0 bridgehead atoms. The zero-order valence-electron chi connectivity index (χ0n) is 14.5. The number of halogens is 3. The topological polar surface area (TPSA) is 61.4 Å². The predicted molar refractivity (Wildman–Crippen MR) is 100 cm³/mol. The predicted octanol–water partition coefficient (Wildman–Crippen LogP) is 3.04. The Balaban J connectivity index is 1.51. The zero-order valence-corrected chi connectivity index (χ0v) is 16.1. The van der Waals surface area contributed by atoms with Crippen molar-refractivity contribution in [3.63, 3.8) is 0 Å². The summed E-state index contributed by atoms with van der Waals surface area (Å²) in [6.45, 7) is 1.96. The fourth-order valence-electron chi connectivity index (χ4n) is 2.68. The Bertz CT molecular complexity index is 790. The minimum atomic E-state index is -4.36. The summed E-state index contributed by atoms with van der Waals surface area (Å²) in [5, 5.41) is 11.5. The highest BCUT2D eigenvalue weighted by atomic mass is 32.2. The van der Waals surface area contributed by atoms with E-state index in [-0.39, 0.29) is 11.7 Å². The summed E-state index contributed by atoms with van der Waals surface area (Å²) in [5.41, 5.74) is -0.132. The largest absolute Gasteiger partial charge is 0.416 e. The molecule has 3 rings (SSSR count). The van der Waals surface area contributed by atoms with Crippen LogP contribution in [0.15, 0.2) is 28.6 Å². The number of rotatable bonds is 5. The number of carbonyl (C=O) groups is 1. The van der Waals surface area contributed by atoms with E-state index in [0.29, 0.717) is 37.0 Å². The van der Waals surface area contributed by atoms with Crippen molar-refractivity contribution in [2.24, 2.45) is 0 Å². The molecule has 2 heterocycles. The van der Waals surface area contributed by atoms with Gasteiger partial charge in [-0.3, -0.25) is 4.79 Å². The average Bonchev–Trinajstić information content (AvgIpc) is 3.14. The lowest BCUT2D eigenvalue weighted by Gasteiger charge is -2.36. The van der Waals surface area contributed by atoms with Gasteiger partial charge in [-0.2, -0.15) is 13.2 Å². The van der Waals surface area contributed by atoms with Crippen LogP contribution in [0.3, 0.4) is 0 Å². The van der Waals surface area contributed by atoms with Crippen LogP contribution in [0.4, 0.5) is 24.0 Å². The lowest BCUT2D eigenvalue weighted by atomic mass is 10.1. The Kier molecular flexibility index (Phi) is 6.10. The van der Waals surface area contributed by atoms with Crippen molar-refractivity contribution in [2.75, 3.05) is 49.2 Å². The van der Waals surface area contributed by atoms with Gasteiger partial charge in [-0.1, -0.05) is 29.2 Å². The first-order valence-electron chi connectivity index (χ1n) is 8.21.